The van der Waals surface area contributed by atoms with Crippen LogP contribution in [0.5, 0.6) is 5.75 Å². The first-order valence-electron chi connectivity index (χ1n) is 7.89. The van der Waals surface area contributed by atoms with E-state index in [-0.39, 0.29) is 0 Å². The highest BCUT2D eigenvalue weighted by molar-refractivity contribution is 6.31. The van der Waals surface area contributed by atoms with Crippen molar-refractivity contribution in [2.45, 2.75) is 13.5 Å². The van der Waals surface area contributed by atoms with E-state index >= 15 is 0 Å². The number of halogens is 2. The van der Waals surface area contributed by atoms with Crippen molar-refractivity contribution in [2.75, 3.05) is 0 Å². The van der Waals surface area contributed by atoms with Gasteiger partial charge in [0.1, 0.15) is 12.4 Å². The maximum atomic E-state index is 6.18. The summed E-state index contributed by atoms with van der Waals surface area (Å²) in [4.78, 5) is 4.50. The van der Waals surface area contributed by atoms with Gasteiger partial charge in [-0.3, -0.25) is 4.99 Å². The van der Waals surface area contributed by atoms with Gasteiger partial charge in [-0.1, -0.05) is 59.6 Å². The van der Waals surface area contributed by atoms with Crippen LogP contribution in [0.3, 0.4) is 0 Å². The molecule has 0 aliphatic carbocycles. The maximum Gasteiger partial charge on any atom is 0.128 e. The highest BCUT2D eigenvalue weighted by atomic mass is 35.5. The summed E-state index contributed by atoms with van der Waals surface area (Å²) in [6.45, 7) is 2.37. The van der Waals surface area contributed by atoms with Crippen LogP contribution in [-0.2, 0) is 6.61 Å². The first-order chi connectivity index (χ1) is 12.1. The van der Waals surface area contributed by atoms with Crippen LogP contribution in [0.25, 0.3) is 0 Å². The van der Waals surface area contributed by atoms with Gasteiger partial charge in [-0.2, -0.15) is 0 Å². The number of rotatable bonds is 5. The zero-order chi connectivity index (χ0) is 17.6. The molecule has 0 amide bonds. The van der Waals surface area contributed by atoms with Gasteiger partial charge in [-0.25, -0.2) is 0 Å². The largest absolute Gasteiger partial charge is 0.488 e. The topological polar surface area (TPSA) is 21.6 Å². The molecule has 0 aliphatic rings. The molecule has 0 spiro atoms. The molecular formula is C21H17Cl2NO. The molecule has 25 heavy (non-hydrogen) atoms. The van der Waals surface area contributed by atoms with Gasteiger partial charge in [-0.15, -0.1) is 0 Å². The Hall–Kier alpha value is -2.29. The number of nitrogens with zero attached hydrogens (tertiary/aromatic N) is 1. The van der Waals surface area contributed by atoms with Crippen LogP contribution in [0.15, 0.2) is 71.7 Å². The first kappa shape index (κ1) is 17.5. The van der Waals surface area contributed by atoms with Gasteiger partial charge in [0.05, 0.1) is 5.69 Å². The van der Waals surface area contributed by atoms with E-state index in [9.17, 15) is 0 Å². The zero-order valence-corrected chi connectivity index (χ0v) is 15.3. The third-order valence-corrected chi connectivity index (χ3v) is 4.54. The minimum atomic E-state index is 0.404. The SMILES string of the molecule is Cc1ccc(N=Cc2ccccc2OCc2ccccc2Cl)cc1Cl. The lowest BCUT2D eigenvalue weighted by atomic mass is 10.2. The third-order valence-electron chi connectivity index (χ3n) is 3.77. The average Bonchev–Trinajstić information content (AvgIpc) is 2.63. The molecule has 126 valence electrons. The van der Waals surface area contributed by atoms with E-state index in [4.69, 9.17) is 27.9 Å². The van der Waals surface area contributed by atoms with Crippen molar-refractivity contribution < 1.29 is 4.74 Å². The summed E-state index contributed by atoms with van der Waals surface area (Å²) in [5, 5.41) is 1.40. The summed E-state index contributed by atoms with van der Waals surface area (Å²) in [5.74, 6) is 0.754. The number of hydrogen-bond donors (Lipinski definition) is 0. The number of aryl methyl sites for hydroxylation is 1. The standard InChI is InChI=1S/C21H17Cl2NO/c1-15-10-11-18(12-20(15)23)24-13-16-6-3-5-9-21(16)25-14-17-7-2-4-8-19(17)22/h2-13H,14H2,1H3. The van der Waals surface area contributed by atoms with Crippen LogP contribution in [0.1, 0.15) is 16.7 Å². The van der Waals surface area contributed by atoms with E-state index in [2.05, 4.69) is 4.99 Å². The Bertz CT molecular complexity index is 906. The van der Waals surface area contributed by atoms with Crippen LogP contribution < -0.4 is 4.74 Å². The average molecular weight is 370 g/mol. The van der Waals surface area contributed by atoms with Crippen LogP contribution in [-0.4, -0.2) is 6.21 Å². The predicted molar refractivity (Wildman–Crippen MR) is 106 cm³/mol. The number of ether oxygens (including phenoxy) is 1. The lowest BCUT2D eigenvalue weighted by Gasteiger charge is -2.10. The van der Waals surface area contributed by atoms with E-state index in [0.29, 0.717) is 16.7 Å². The smallest absolute Gasteiger partial charge is 0.128 e. The van der Waals surface area contributed by atoms with Gasteiger partial charge in [0.25, 0.3) is 0 Å². The second kappa shape index (κ2) is 8.19. The number of benzene rings is 3. The molecule has 4 heteroatoms. The fourth-order valence-electron chi connectivity index (χ4n) is 2.30. The molecule has 0 heterocycles. The Balaban J connectivity index is 1.77. The normalized spacial score (nSPS) is 11.0. The number of para-hydroxylation sites is 1. The molecule has 0 aliphatic heterocycles. The summed E-state index contributed by atoms with van der Waals surface area (Å²) in [7, 11) is 0. The fraction of sp³-hybridized carbons (Fsp3) is 0.0952. The number of aliphatic imine (C=N–C) groups is 1. The molecule has 2 nitrogen and oxygen atoms in total. The van der Waals surface area contributed by atoms with Crippen molar-refractivity contribution in [3.63, 3.8) is 0 Å². The monoisotopic (exact) mass is 369 g/mol. The fourth-order valence-corrected chi connectivity index (χ4v) is 2.66. The van der Waals surface area contributed by atoms with E-state index in [1.165, 1.54) is 0 Å². The van der Waals surface area contributed by atoms with Crippen LogP contribution >= 0.6 is 23.2 Å². The minimum Gasteiger partial charge on any atom is -0.488 e. The van der Waals surface area contributed by atoms with Crippen molar-refractivity contribution in [2.24, 2.45) is 4.99 Å². The predicted octanol–water partition coefficient (Wildman–Crippen LogP) is 6.63. The summed E-state index contributed by atoms with van der Waals surface area (Å²) >= 11 is 12.3. The van der Waals surface area contributed by atoms with Crippen molar-refractivity contribution in [3.05, 3.63) is 93.5 Å². The quantitative estimate of drug-likeness (QED) is 0.462. The maximum absolute atomic E-state index is 6.18. The van der Waals surface area contributed by atoms with Crippen LogP contribution in [0.2, 0.25) is 10.0 Å². The van der Waals surface area contributed by atoms with Crippen molar-refractivity contribution in [3.8, 4) is 5.75 Å². The second-order valence-electron chi connectivity index (χ2n) is 5.61. The molecule has 3 rings (SSSR count). The molecule has 0 saturated heterocycles. The zero-order valence-electron chi connectivity index (χ0n) is 13.7. The molecule has 0 N–H and O–H groups in total. The van der Waals surface area contributed by atoms with Crippen molar-refractivity contribution in [1.82, 2.24) is 0 Å². The van der Waals surface area contributed by atoms with Crippen LogP contribution in [0, 0.1) is 6.92 Å². The Kier molecular flexibility index (Phi) is 5.75. The van der Waals surface area contributed by atoms with Gasteiger partial charge in [0, 0.05) is 27.4 Å². The van der Waals surface area contributed by atoms with Crippen LogP contribution in [0.4, 0.5) is 5.69 Å². The number of hydrogen-bond acceptors (Lipinski definition) is 2. The molecule has 0 bridgehead atoms. The van der Waals surface area contributed by atoms with Crippen molar-refractivity contribution >= 4 is 35.1 Å². The van der Waals surface area contributed by atoms with Crippen molar-refractivity contribution in [1.29, 1.82) is 0 Å². The Labute approximate surface area is 157 Å². The van der Waals surface area contributed by atoms with Gasteiger partial charge in [0.15, 0.2) is 0 Å². The highest BCUT2D eigenvalue weighted by Gasteiger charge is 2.04. The lowest BCUT2D eigenvalue weighted by molar-refractivity contribution is 0.306. The first-order valence-corrected chi connectivity index (χ1v) is 8.64. The highest BCUT2D eigenvalue weighted by Crippen LogP contribution is 2.24. The molecule has 3 aromatic carbocycles. The Morgan fingerprint density at radius 2 is 1.68 bits per heavy atom. The summed E-state index contributed by atoms with van der Waals surface area (Å²) in [6, 6.07) is 21.1. The molecule has 0 saturated carbocycles. The summed E-state index contributed by atoms with van der Waals surface area (Å²) < 4.78 is 5.93. The van der Waals surface area contributed by atoms with Gasteiger partial charge >= 0.3 is 0 Å². The van der Waals surface area contributed by atoms with E-state index in [1.807, 2.05) is 73.7 Å². The Morgan fingerprint density at radius 1 is 0.920 bits per heavy atom. The molecular weight excluding hydrogens is 353 g/mol. The molecule has 0 radical (unpaired) electrons. The molecule has 3 aromatic rings. The minimum absolute atomic E-state index is 0.404. The summed E-state index contributed by atoms with van der Waals surface area (Å²) in [6.07, 6.45) is 1.78. The third kappa shape index (κ3) is 4.62. The summed E-state index contributed by atoms with van der Waals surface area (Å²) in [5.41, 5.74) is 3.67. The molecule has 0 atom stereocenters. The lowest BCUT2D eigenvalue weighted by Crippen LogP contribution is -1.98. The van der Waals surface area contributed by atoms with Gasteiger partial charge in [-0.05, 0) is 42.8 Å². The van der Waals surface area contributed by atoms with Gasteiger partial charge in [0.2, 0.25) is 0 Å². The second-order valence-corrected chi connectivity index (χ2v) is 6.42. The van der Waals surface area contributed by atoms with E-state index in [0.717, 1.165) is 28.1 Å². The molecule has 0 fully saturated rings. The van der Waals surface area contributed by atoms with E-state index < -0.39 is 0 Å². The molecule has 0 aromatic heterocycles. The molecule has 0 unspecified atom stereocenters. The Morgan fingerprint density at radius 3 is 2.48 bits per heavy atom. The van der Waals surface area contributed by atoms with Gasteiger partial charge < -0.3 is 4.74 Å². The van der Waals surface area contributed by atoms with E-state index in [1.54, 1.807) is 6.21 Å².